The van der Waals surface area contributed by atoms with Gasteiger partial charge in [-0.05, 0) is 32.6 Å². The van der Waals surface area contributed by atoms with Gasteiger partial charge in [0.25, 0.3) is 0 Å². The first-order chi connectivity index (χ1) is 8.67. The summed E-state index contributed by atoms with van der Waals surface area (Å²) in [4.78, 5) is 24.3. The second kappa shape index (κ2) is 7.72. The summed E-state index contributed by atoms with van der Waals surface area (Å²) < 4.78 is 5.12. The van der Waals surface area contributed by atoms with E-state index in [0.717, 1.165) is 24.6 Å². The van der Waals surface area contributed by atoms with E-state index >= 15 is 0 Å². The Morgan fingerprint density at radius 3 is 2.83 bits per heavy atom. The number of hydrogen-bond donors (Lipinski definition) is 0. The van der Waals surface area contributed by atoms with Gasteiger partial charge in [0.2, 0.25) is 0 Å². The summed E-state index contributed by atoms with van der Waals surface area (Å²) in [6.45, 7) is 2.12. The summed E-state index contributed by atoms with van der Waals surface area (Å²) in [5, 5.41) is 0.799. The highest BCUT2D eigenvalue weighted by molar-refractivity contribution is 9.09. The minimum atomic E-state index is -0.870. The van der Waals surface area contributed by atoms with Gasteiger partial charge in [-0.25, -0.2) is 0 Å². The van der Waals surface area contributed by atoms with Crippen LogP contribution in [-0.4, -0.2) is 23.7 Å². The highest BCUT2D eigenvalue weighted by Crippen LogP contribution is 2.38. The second-order valence-electron chi connectivity index (χ2n) is 4.60. The Morgan fingerprint density at radius 2 is 2.22 bits per heavy atom. The van der Waals surface area contributed by atoms with Gasteiger partial charge in [0, 0.05) is 11.8 Å². The molecule has 1 fully saturated rings. The number of ketones is 1. The van der Waals surface area contributed by atoms with Crippen molar-refractivity contribution < 1.29 is 14.3 Å². The van der Waals surface area contributed by atoms with Crippen molar-refractivity contribution in [3.05, 3.63) is 12.2 Å². The van der Waals surface area contributed by atoms with E-state index in [0.29, 0.717) is 25.9 Å². The maximum absolute atomic E-state index is 12.2. The number of carbonyl (C=O) groups is 2. The fourth-order valence-electron chi connectivity index (χ4n) is 2.45. The van der Waals surface area contributed by atoms with Gasteiger partial charge in [-0.15, -0.1) is 0 Å². The summed E-state index contributed by atoms with van der Waals surface area (Å²) in [6.07, 6.45) is 8.33. The third-order valence-electron chi connectivity index (χ3n) is 3.45. The first-order valence-electron chi connectivity index (χ1n) is 6.59. The molecule has 3 nitrogen and oxygen atoms in total. The van der Waals surface area contributed by atoms with Crippen molar-refractivity contribution in [2.24, 2.45) is 5.41 Å². The number of esters is 1. The zero-order valence-electron chi connectivity index (χ0n) is 10.9. The van der Waals surface area contributed by atoms with Crippen LogP contribution in [0.15, 0.2) is 12.2 Å². The summed E-state index contributed by atoms with van der Waals surface area (Å²) >= 11 is 3.31. The quantitative estimate of drug-likeness (QED) is 0.326. The summed E-state index contributed by atoms with van der Waals surface area (Å²) in [5.41, 5.74) is -0.870. The van der Waals surface area contributed by atoms with Gasteiger partial charge in [-0.3, -0.25) is 9.59 Å². The van der Waals surface area contributed by atoms with Gasteiger partial charge in [0.1, 0.15) is 11.2 Å². The Labute approximate surface area is 117 Å². The van der Waals surface area contributed by atoms with Crippen molar-refractivity contribution in [1.82, 2.24) is 0 Å². The van der Waals surface area contributed by atoms with Gasteiger partial charge in [0.15, 0.2) is 0 Å². The maximum Gasteiger partial charge on any atom is 0.319 e. The second-order valence-corrected chi connectivity index (χ2v) is 5.24. The normalized spacial score (nSPS) is 24.4. The number of rotatable bonds is 6. The van der Waals surface area contributed by atoms with Crippen LogP contribution in [0.5, 0.6) is 0 Å². The fourth-order valence-corrected chi connectivity index (χ4v) is 2.72. The van der Waals surface area contributed by atoms with E-state index in [2.05, 4.69) is 15.9 Å². The largest absolute Gasteiger partial charge is 0.465 e. The molecule has 0 spiro atoms. The van der Waals surface area contributed by atoms with Crippen LogP contribution in [0.2, 0.25) is 0 Å². The van der Waals surface area contributed by atoms with Crippen molar-refractivity contribution in [1.29, 1.82) is 0 Å². The van der Waals surface area contributed by atoms with Gasteiger partial charge >= 0.3 is 5.97 Å². The predicted octanol–water partition coefficient (Wildman–Crippen LogP) is 3.41. The molecule has 1 aliphatic rings. The summed E-state index contributed by atoms with van der Waals surface area (Å²) in [5.74, 6) is -0.249. The lowest BCUT2D eigenvalue weighted by Crippen LogP contribution is -2.42. The third-order valence-corrected chi connectivity index (χ3v) is 3.82. The number of hydrogen-bond acceptors (Lipinski definition) is 3. The van der Waals surface area contributed by atoms with Crippen LogP contribution in [-0.2, 0) is 14.3 Å². The average Bonchev–Trinajstić information content (AvgIpc) is 2.37. The van der Waals surface area contributed by atoms with Crippen molar-refractivity contribution in [2.45, 2.75) is 45.4 Å². The zero-order chi connectivity index (χ0) is 13.4. The Balaban J connectivity index is 2.76. The summed E-state index contributed by atoms with van der Waals surface area (Å²) in [6, 6.07) is 0. The lowest BCUT2D eigenvalue weighted by Gasteiger charge is -2.33. The standard InChI is InChI=1S/C14H21BrO3/c1-2-18-13(17)14(9-5-3-7-11-15)10-6-4-8-12(14)16/h3,7H,2,4-6,8-11H2,1H3/b7-3+. The Kier molecular flexibility index (Phi) is 6.61. The molecule has 0 radical (unpaired) electrons. The van der Waals surface area contributed by atoms with E-state index in [1.165, 1.54) is 0 Å². The molecule has 1 atom stereocenters. The number of allylic oxidation sites excluding steroid dienone is 2. The average molecular weight is 317 g/mol. The van der Waals surface area contributed by atoms with Crippen LogP contribution in [0.3, 0.4) is 0 Å². The van der Waals surface area contributed by atoms with E-state index < -0.39 is 5.41 Å². The van der Waals surface area contributed by atoms with Crippen molar-refractivity contribution in [3.63, 3.8) is 0 Å². The lowest BCUT2D eigenvalue weighted by molar-refractivity contribution is -0.162. The molecule has 0 amide bonds. The molecule has 1 unspecified atom stereocenters. The first kappa shape index (κ1) is 15.4. The smallest absolute Gasteiger partial charge is 0.319 e. The number of carbonyl (C=O) groups excluding carboxylic acids is 2. The van der Waals surface area contributed by atoms with Gasteiger partial charge < -0.3 is 4.74 Å². The fraction of sp³-hybridized carbons (Fsp3) is 0.714. The zero-order valence-corrected chi connectivity index (χ0v) is 12.5. The molecule has 0 aromatic rings. The minimum absolute atomic E-state index is 0.0689. The lowest BCUT2D eigenvalue weighted by atomic mass is 9.70. The molecule has 0 bridgehead atoms. The summed E-state index contributed by atoms with van der Waals surface area (Å²) in [7, 11) is 0. The number of Topliss-reactive ketones (excluding diaryl/α,β-unsaturated/α-hetero) is 1. The van der Waals surface area contributed by atoms with E-state index in [1.807, 2.05) is 12.2 Å². The predicted molar refractivity (Wildman–Crippen MR) is 74.7 cm³/mol. The number of ether oxygens (including phenoxy) is 1. The number of halogens is 1. The molecule has 0 aromatic heterocycles. The molecular weight excluding hydrogens is 296 g/mol. The first-order valence-corrected chi connectivity index (χ1v) is 7.71. The van der Waals surface area contributed by atoms with Gasteiger partial charge in [-0.1, -0.05) is 34.5 Å². The molecule has 1 saturated carbocycles. The van der Waals surface area contributed by atoms with Crippen LogP contribution in [0, 0.1) is 5.41 Å². The highest BCUT2D eigenvalue weighted by atomic mass is 79.9. The SMILES string of the molecule is CCOC(=O)C1(CC/C=C/CBr)CCCCC1=O. The van der Waals surface area contributed by atoms with E-state index in [4.69, 9.17) is 4.74 Å². The third kappa shape index (κ3) is 3.67. The highest BCUT2D eigenvalue weighted by Gasteiger charge is 2.46. The van der Waals surface area contributed by atoms with Gasteiger partial charge in [0.05, 0.1) is 6.61 Å². The molecule has 0 heterocycles. The van der Waals surface area contributed by atoms with Crippen LogP contribution < -0.4 is 0 Å². The Hall–Kier alpha value is -0.640. The van der Waals surface area contributed by atoms with Crippen LogP contribution in [0.25, 0.3) is 0 Å². The Bertz CT molecular complexity index is 325. The maximum atomic E-state index is 12.2. The molecule has 0 saturated heterocycles. The molecular formula is C14H21BrO3. The van der Waals surface area contributed by atoms with Crippen LogP contribution in [0.1, 0.15) is 45.4 Å². The van der Waals surface area contributed by atoms with E-state index in [1.54, 1.807) is 6.92 Å². The Morgan fingerprint density at radius 1 is 1.44 bits per heavy atom. The van der Waals surface area contributed by atoms with Crippen molar-refractivity contribution in [2.75, 3.05) is 11.9 Å². The molecule has 0 aliphatic heterocycles. The van der Waals surface area contributed by atoms with Gasteiger partial charge in [-0.2, -0.15) is 0 Å². The van der Waals surface area contributed by atoms with Crippen LogP contribution >= 0.6 is 15.9 Å². The monoisotopic (exact) mass is 316 g/mol. The molecule has 18 heavy (non-hydrogen) atoms. The number of alkyl halides is 1. The molecule has 4 heteroatoms. The molecule has 1 rings (SSSR count). The van der Waals surface area contributed by atoms with Crippen LogP contribution in [0.4, 0.5) is 0 Å². The molecule has 0 aromatic carbocycles. The van der Waals surface area contributed by atoms with E-state index in [9.17, 15) is 9.59 Å². The molecule has 1 aliphatic carbocycles. The molecule has 102 valence electrons. The van der Waals surface area contributed by atoms with Crippen molar-refractivity contribution >= 4 is 27.7 Å². The van der Waals surface area contributed by atoms with E-state index in [-0.39, 0.29) is 11.8 Å². The minimum Gasteiger partial charge on any atom is -0.465 e. The topological polar surface area (TPSA) is 43.4 Å². The molecule has 0 N–H and O–H groups in total. The van der Waals surface area contributed by atoms with Crippen molar-refractivity contribution in [3.8, 4) is 0 Å².